The van der Waals surface area contributed by atoms with Crippen LogP contribution in [0, 0.1) is 0 Å². The zero-order chi connectivity index (χ0) is 11.8. The van der Waals surface area contributed by atoms with Gasteiger partial charge in [0.2, 0.25) is 0 Å². The molecule has 3 rings (SSSR count). The molecule has 0 aliphatic carbocycles. The lowest BCUT2D eigenvalue weighted by molar-refractivity contribution is 0.990. The summed E-state index contributed by atoms with van der Waals surface area (Å²) in [7, 11) is 0. The summed E-state index contributed by atoms with van der Waals surface area (Å²) in [4.78, 5) is 20.1. The van der Waals surface area contributed by atoms with Crippen LogP contribution >= 0.6 is 23.1 Å². The molecule has 0 unspecified atom stereocenters. The molecule has 0 saturated heterocycles. The lowest BCUT2D eigenvalue weighted by Crippen LogP contribution is -2.14. The fraction of sp³-hybridized carbons (Fsp3) is 0.0909. The number of nitrogens with zero attached hydrogens (tertiary/aromatic N) is 2. The Morgan fingerprint density at radius 1 is 1.47 bits per heavy atom. The van der Waals surface area contributed by atoms with Gasteiger partial charge >= 0.3 is 5.69 Å². The fourth-order valence-corrected chi connectivity index (χ4v) is 3.05. The molecule has 0 saturated carbocycles. The van der Waals surface area contributed by atoms with Gasteiger partial charge in [0.05, 0.1) is 11.0 Å². The van der Waals surface area contributed by atoms with Gasteiger partial charge in [-0.2, -0.15) is 0 Å². The van der Waals surface area contributed by atoms with Gasteiger partial charge in [0.15, 0.2) is 5.13 Å². The van der Waals surface area contributed by atoms with Crippen LogP contribution in [0.25, 0.3) is 16.2 Å². The van der Waals surface area contributed by atoms with Gasteiger partial charge in [0.1, 0.15) is 0 Å². The van der Waals surface area contributed by atoms with Crippen molar-refractivity contribution in [3.05, 3.63) is 40.3 Å². The third-order valence-electron chi connectivity index (χ3n) is 2.50. The molecule has 0 aliphatic heterocycles. The van der Waals surface area contributed by atoms with Gasteiger partial charge in [-0.05, 0) is 18.4 Å². The summed E-state index contributed by atoms with van der Waals surface area (Å²) in [5.41, 5.74) is 1.61. The highest BCUT2D eigenvalue weighted by molar-refractivity contribution is 7.98. The smallest absolute Gasteiger partial charge is 0.305 e. The maximum atomic E-state index is 12.0. The van der Waals surface area contributed by atoms with Gasteiger partial charge in [0, 0.05) is 16.5 Å². The van der Waals surface area contributed by atoms with E-state index in [4.69, 9.17) is 0 Å². The van der Waals surface area contributed by atoms with E-state index < -0.39 is 0 Å². The van der Waals surface area contributed by atoms with Crippen LogP contribution in [0.1, 0.15) is 0 Å². The number of thiazole rings is 1. The Kier molecular flexibility index (Phi) is 2.53. The first-order chi connectivity index (χ1) is 8.31. The predicted octanol–water partition coefficient (Wildman–Crippen LogP) is 2.50. The van der Waals surface area contributed by atoms with Crippen molar-refractivity contribution < 1.29 is 0 Å². The van der Waals surface area contributed by atoms with Gasteiger partial charge in [0.25, 0.3) is 0 Å². The molecule has 0 amide bonds. The Morgan fingerprint density at radius 3 is 3.06 bits per heavy atom. The van der Waals surface area contributed by atoms with Crippen molar-refractivity contribution in [1.29, 1.82) is 0 Å². The summed E-state index contributed by atoms with van der Waals surface area (Å²) >= 11 is 3.07. The number of fused-ring (bicyclic) bond motifs is 1. The second-order valence-electron chi connectivity index (χ2n) is 3.44. The number of H-pyrrole nitrogens is 1. The minimum atomic E-state index is -0.142. The van der Waals surface area contributed by atoms with Gasteiger partial charge in [-0.25, -0.2) is 14.3 Å². The maximum absolute atomic E-state index is 12.0. The van der Waals surface area contributed by atoms with Crippen LogP contribution in [0.15, 0.2) is 39.5 Å². The van der Waals surface area contributed by atoms with E-state index in [0.29, 0.717) is 5.13 Å². The first-order valence-electron chi connectivity index (χ1n) is 4.99. The molecule has 1 N–H and O–H groups in total. The van der Waals surface area contributed by atoms with Gasteiger partial charge in [-0.15, -0.1) is 23.1 Å². The van der Waals surface area contributed by atoms with E-state index in [9.17, 15) is 4.79 Å². The number of hydrogen-bond donors (Lipinski definition) is 1. The van der Waals surface area contributed by atoms with Crippen molar-refractivity contribution >= 4 is 34.1 Å². The van der Waals surface area contributed by atoms with E-state index in [-0.39, 0.29) is 5.69 Å². The van der Waals surface area contributed by atoms with Crippen LogP contribution in [0.3, 0.4) is 0 Å². The second-order valence-corrected chi connectivity index (χ2v) is 5.16. The van der Waals surface area contributed by atoms with Crippen molar-refractivity contribution in [3.63, 3.8) is 0 Å². The van der Waals surface area contributed by atoms with Crippen molar-refractivity contribution in [3.8, 4) is 5.13 Å². The summed E-state index contributed by atoms with van der Waals surface area (Å²) in [5.74, 6) is 0. The molecule has 2 heterocycles. The molecular weight excluding hydrogens is 254 g/mol. The quantitative estimate of drug-likeness (QED) is 0.723. The normalized spacial score (nSPS) is 11.1. The highest BCUT2D eigenvalue weighted by Crippen LogP contribution is 2.26. The van der Waals surface area contributed by atoms with Gasteiger partial charge in [-0.1, -0.05) is 6.07 Å². The third kappa shape index (κ3) is 1.60. The van der Waals surface area contributed by atoms with Crippen LogP contribution in [0.2, 0.25) is 0 Å². The SMILES string of the molecule is CSc1cccc2[nH]c(=O)n(-c3nccs3)c12. The molecule has 6 heteroatoms. The number of aromatic amines is 1. The summed E-state index contributed by atoms with van der Waals surface area (Å²) in [6.07, 6.45) is 3.70. The number of thioether (sulfide) groups is 1. The molecule has 17 heavy (non-hydrogen) atoms. The average molecular weight is 263 g/mol. The molecule has 1 aromatic carbocycles. The summed E-state index contributed by atoms with van der Waals surface area (Å²) in [6.45, 7) is 0. The monoisotopic (exact) mass is 263 g/mol. The largest absolute Gasteiger partial charge is 0.332 e. The Balaban J connectivity index is 2.45. The Morgan fingerprint density at radius 2 is 2.35 bits per heavy atom. The van der Waals surface area contributed by atoms with Gasteiger partial charge in [-0.3, -0.25) is 0 Å². The van der Waals surface area contributed by atoms with Crippen molar-refractivity contribution in [2.24, 2.45) is 0 Å². The molecule has 0 spiro atoms. The van der Waals surface area contributed by atoms with Crippen molar-refractivity contribution in [1.82, 2.24) is 14.5 Å². The number of hydrogen-bond acceptors (Lipinski definition) is 4. The zero-order valence-corrected chi connectivity index (χ0v) is 10.6. The van der Waals surface area contributed by atoms with Crippen LogP contribution in [-0.2, 0) is 0 Å². The van der Waals surface area contributed by atoms with Crippen molar-refractivity contribution in [2.45, 2.75) is 4.90 Å². The number of rotatable bonds is 2. The second kappa shape index (κ2) is 4.05. The van der Waals surface area contributed by atoms with E-state index in [1.807, 2.05) is 29.8 Å². The minimum Gasteiger partial charge on any atom is -0.305 e. The van der Waals surface area contributed by atoms with E-state index >= 15 is 0 Å². The molecule has 0 aliphatic rings. The van der Waals surface area contributed by atoms with Crippen LogP contribution in [0.4, 0.5) is 0 Å². The molecule has 3 aromatic rings. The number of benzene rings is 1. The highest BCUT2D eigenvalue weighted by Gasteiger charge is 2.13. The standard InChI is InChI=1S/C11H9N3OS2/c1-16-8-4-2-3-7-9(8)14(10(15)13-7)11-12-5-6-17-11/h2-6H,1H3,(H,13,15). The Bertz CT molecular complexity index is 712. The lowest BCUT2D eigenvalue weighted by atomic mass is 10.3. The highest BCUT2D eigenvalue weighted by atomic mass is 32.2. The number of imidazole rings is 1. The number of para-hydroxylation sites is 1. The first kappa shape index (κ1) is 10.6. The number of nitrogens with one attached hydrogen (secondary N) is 1. The summed E-state index contributed by atoms with van der Waals surface area (Å²) in [5, 5.41) is 2.56. The van der Waals surface area contributed by atoms with Crippen LogP contribution in [-0.4, -0.2) is 20.8 Å². The van der Waals surface area contributed by atoms with E-state index in [1.165, 1.54) is 11.3 Å². The van der Waals surface area contributed by atoms with Gasteiger partial charge < -0.3 is 4.98 Å². The average Bonchev–Trinajstić information content (AvgIpc) is 2.93. The van der Waals surface area contributed by atoms with E-state index in [2.05, 4.69) is 9.97 Å². The third-order valence-corrected chi connectivity index (χ3v) is 4.02. The molecule has 0 bridgehead atoms. The first-order valence-corrected chi connectivity index (χ1v) is 7.09. The van der Waals surface area contributed by atoms with E-state index in [1.54, 1.807) is 22.5 Å². The number of aromatic nitrogens is 3. The summed E-state index contributed by atoms with van der Waals surface area (Å²) < 4.78 is 1.63. The molecule has 86 valence electrons. The molecule has 0 fully saturated rings. The Labute approximate surface area is 105 Å². The maximum Gasteiger partial charge on any atom is 0.332 e. The lowest BCUT2D eigenvalue weighted by Gasteiger charge is -2.02. The topological polar surface area (TPSA) is 50.7 Å². The van der Waals surface area contributed by atoms with E-state index in [0.717, 1.165) is 15.9 Å². The minimum absolute atomic E-state index is 0.142. The fourth-order valence-electron chi connectivity index (χ4n) is 1.80. The molecular formula is C11H9N3OS2. The Hall–Kier alpha value is -1.53. The summed E-state index contributed by atoms with van der Waals surface area (Å²) in [6, 6.07) is 5.85. The predicted molar refractivity (Wildman–Crippen MR) is 71.3 cm³/mol. The van der Waals surface area contributed by atoms with Crippen molar-refractivity contribution in [2.75, 3.05) is 6.26 Å². The zero-order valence-electron chi connectivity index (χ0n) is 9.01. The molecule has 0 radical (unpaired) electrons. The molecule has 2 aromatic heterocycles. The molecule has 0 atom stereocenters. The van der Waals surface area contributed by atoms with Crippen LogP contribution < -0.4 is 5.69 Å². The van der Waals surface area contributed by atoms with Crippen LogP contribution in [0.5, 0.6) is 0 Å². The molecule has 4 nitrogen and oxygen atoms in total.